The second-order valence-electron chi connectivity index (χ2n) is 8.20. The van der Waals surface area contributed by atoms with Gasteiger partial charge in [0.15, 0.2) is 0 Å². The first-order valence-corrected chi connectivity index (χ1v) is 12.3. The van der Waals surface area contributed by atoms with Gasteiger partial charge in [0.05, 0.1) is 11.7 Å². The van der Waals surface area contributed by atoms with Gasteiger partial charge in [-0.15, -0.1) is 0 Å². The normalized spacial score (nSPS) is 16.8. The van der Waals surface area contributed by atoms with Crippen LogP contribution < -0.4 is 10.6 Å². The van der Waals surface area contributed by atoms with Crippen LogP contribution in [0.1, 0.15) is 36.2 Å². The number of nitrogens with one attached hydrogen (secondary N) is 2. The van der Waals surface area contributed by atoms with Crippen molar-refractivity contribution >= 4 is 34.7 Å². The van der Waals surface area contributed by atoms with Crippen molar-refractivity contribution in [3.63, 3.8) is 0 Å². The number of hydrogen-bond acceptors (Lipinski definition) is 5. The van der Waals surface area contributed by atoms with Gasteiger partial charge in [-0.3, -0.25) is 9.69 Å². The lowest BCUT2D eigenvalue weighted by Crippen LogP contribution is -2.46. The van der Waals surface area contributed by atoms with Crippen LogP contribution in [-0.4, -0.2) is 41.4 Å². The molecule has 0 spiro atoms. The summed E-state index contributed by atoms with van der Waals surface area (Å²) >= 11 is 8.07. The summed E-state index contributed by atoms with van der Waals surface area (Å²) in [6, 6.07) is 14.7. The number of carbonyl (C=O) groups is 1. The minimum absolute atomic E-state index is 0.000636. The topological polar surface area (TPSA) is 57.3 Å². The maximum Gasteiger partial charge on any atom is 0.224 e. The van der Waals surface area contributed by atoms with Crippen molar-refractivity contribution in [2.45, 2.75) is 32.7 Å². The van der Waals surface area contributed by atoms with Crippen LogP contribution in [0, 0.1) is 6.92 Å². The van der Waals surface area contributed by atoms with Crippen molar-refractivity contribution in [1.29, 1.82) is 0 Å². The second-order valence-corrected chi connectivity index (χ2v) is 9.23. The van der Waals surface area contributed by atoms with Crippen molar-refractivity contribution in [3.05, 3.63) is 69.7 Å². The molecule has 1 saturated heterocycles. The molecule has 1 unspecified atom stereocenters. The number of benzene rings is 2. The minimum atomic E-state index is 0.000636. The van der Waals surface area contributed by atoms with E-state index in [-0.39, 0.29) is 11.9 Å². The summed E-state index contributed by atoms with van der Waals surface area (Å²) in [5, 5.41) is 9.43. The van der Waals surface area contributed by atoms with Crippen molar-refractivity contribution in [1.82, 2.24) is 14.6 Å². The molecular weight excluding hydrogens is 440 g/mol. The molecule has 168 valence electrons. The largest absolute Gasteiger partial charge is 0.326 e. The highest BCUT2D eigenvalue weighted by Crippen LogP contribution is 2.31. The molecule has 4 rings (SSSR count). The van der Waals surface area contributed by atoms with E-state index in [1.165, 1.54) is 22.7 Å². The van der Waals surface area contributed by atoms with Gasteiger partial charge in [-0.05, 0) is 47.6 Å². The molecule has 1 fully saturated rings. The highest BCUT2D eigenvalue weighted by Gasteiger charge is 2.25. The van der Waals surface area contributed by atoms with Gasteiger partial charge in [0, 0.05) is 54.3 Å². The zero-order chi connectivity index (χ0) is 22.5. The summed E-state index contributed by atoms with van der Waals surface area (Å²) in [4.78, 5) is 14.2. The molecule has 1 aliphatic rings. The molecule has 32 heavy (non-hydrogen) atoms. The predicted octanol–water partition coefficient (Wildman–Crippen LogP) is 5.31. The second kappa shape index (κ2) is 10.6. The summed E-state index contributed by atoms with van der Waals surface area (Å²) in [6.45, 7) is 7.65. The Morgan fingerprint density at radius 2 is 2.12 bits per heavy atom. The fourth-order valence-corrected chi connectivity index (χ4v) is 5.12. The zero-order valence-electron chi connectivity index (χ0n) is 18.5. The first kappa shape index (κ1) is 22.9. The van der Waals surface area contributed by atoms with Crippen LogP contribution in [0.5, 0.6) is 0 Å². The monoisotopic (exact) mass is 468 g/mol. The van der Waals surface area contributed by atoms with Gasteiger partial charge in [0.25, 0.3) is 0 Å². The van der Waals surface area contributed by atoms with Gasteiger partial charge in [-0.2, -0.15) is 4.37 Å². The lowest BCUT2D eigenvalue weighted by Gasteiger charge is -2.33. The Hall–Kier alpha value is -2.25. The number of amides is 1. The summed E-state index contributed by atoms with van der Waals surface area (Å²) in [5.74, 6) is 0.000636. The van der Waals surface area contributed by atoms with E-state index in [0.717, 1.165) is 55.1 Å². The number of carbonyl (C=O) groups excluding carboxylic acids is 1. The van der Waals surface area contributed by atoms with Crippen molar-refractivity contribution < 1.29 is 4.79 Å². The van der Waals surface area contributed by atoms with Crippen LogP contribution in [-0.2, 0) is 11.2 Å². The molecule has 7 heteroatoms. The molecule has 2 N–H and O–H groups in total. The van der Waals surface area contributed by atoms with Crippen molar-refractivity contribution in [2.75, 3.05) is 31.5 Å². The standard InChI is InChI=1S/C25H29ClN4OS/c1-3-24(31)28-22-14-21(26)19(13-17(22)2)9-11-30-12-10-27-23(15-30)25-20(16-32-29-25)18-7-5-4-6-8-18/h4-8,13-14,16,23,27H,3,9-12,15H2,1-2H3,(H,28,31). The van der Waals surface area contributed by atoms with Gasteiger partial charge in [-0.25, -0.2) is 0 Å². The highest BCUT2D eigenvalue weighted by molar-refractivity contribution is 7.04. The van der Waals surface area contributed by atoms with Crippen molar-refractivity contribution in [2.24, 2.45) is 0 Å². The van der Waals surface area contributed by atoms with E-state index in [9.17, 15) is 4.79 Å². The molecule has 3 aromatic rings. The zero-order valence-corrected chi connectivity index (χ0v) is 20.1. The molecule has 0 radical (unpaired) electrons. The quantitative estimate of drug-likeness (QED) is 0.493. The number of nitrogens with zero attached hydrogens (tertiary/aromatic N) is 2. The Morgan fingerprint density at radius 1 is 1.31 bits per heavy atom. The van der Waals surface area contributed by atoms with E-state index < -0.39 is 0 Å². The first-order valence-electron chi connectivity index (χ1n) is 11.1. The van der Waals surface area contributed by atoms with Crippen LogP contribution in [0.3, 0.4) is 0 Å². The highest BCUT2D eigenvalue weighted by atomic mass is 35.5. The molecule has 0 bridgehead atoms. The van der Waals surface area contributed by atoms with E-state index in [1.807, 2.05) is 26.0 Å². The molecule has 2 heterocycles. The lowest BCUT2D eigenvalue weighted by atomic mass is 10.0. The Morgan fingerprint density at radius 3 is 2.91 bits per heavy atom. The fraction of sp³-hybridized carbons (Fsp3) is 0.360. The Bertz CT molecular complexity index is 1070. The number of anilines is 1. The van der Waals surface area contributed by atoms with Crippen LogP contribution in [0.4, 0.5) is 5.69 Å². The molecular formula is C25H29ClN4OS. The molecule has 1 aromatic heterocycles. The minimum Gasteiger partial charge on any atom is -0.326 e. The maximum atomic E-state index is 11.7. The fourth-order valence-electron chi connectivity index (χ4n) is 4.11. The van der Waals surface area contributed by atoms with Crippen LogP contribution >= 0.6 is 23.1 Å². The van der Waals surface area contributed by atoms with Crippen LogP contribution in [0.15, 0.2) is 47.8 Å². The van der Waals surface area contributed by atoms with E-state index in [4.69, 9.17) is 16.0 Å². The molecule has 0 saturated carbocycles. The third kappa shape index (κ3) is 5.38. The smallest absolute Gasteiger partial charge is 0.224 e. The van der Waals surface area contributed by atoms with Crippen LogP contribution in [0.2, 0.25) is 5.02 Å². The Balaban J connectivity index is 1.41. The molecule has 1 aliphatic heterocycles. The number of aryl methyl sites for hydroxylation is 1. The predicted molar refractivity (Wildman–Crippen MR) is 134 cm³/mol. The average Bonchev–Trinajstić information content (AvgIpc) is 3.31. The summed E-state index contributed by atoms with van der Waals surface area (Å²) in [5.41, 5.74) is 6.53. The number of aromatic nitrogens is 1. The van der Waals surface area contributed by atoms with Gasteiger partial charge < -0.3 is 10.6 Å². The van der Waals surface area contributed by atoms with E-state index in [0.29, 0.717) is 11.4 Å². The van der Waals surface area contributed by atoms with Gasteiger partial charge >= 0.3 is 0 Å². The first-order chi connectivity index (χ1) is 15.5. The Labute approximate surface area is 199 Å². The third-order valence-electron chi connectivity index (χ3n) is 5.96. The van der Waals surface area contributed by atoms with Gasteiger partial charge in [0.2, 0.25) is 5.91 Å². The van der Waals surface area contributed by atoms with E-state index >= 15 is 0 Å². The van der Waals surface area contributed by atoms with Gasteiger partial charge in [-0.1, -0.05) is 54.9 Å². The summed E-state index contributed by atoms with van der Waals surface area (Å²) < 4.78 is 4.73. The molecule has 5 nitrogen and oxygen atoms in total. The number of hydrogen-bond donors (Lipinski definition) is 2. The number of piperazine rings is 1. The summed E-state index contributed by atoms with van der Waals surface area (Å²) in [7, 11) is 0. The average molecular weight is 469 g/mol. The van der Waals surface area contributed by atoms with E-state index in [1.54, 1.807) is 0 Å². The Kier molecular flexibility index (Phi) is 7.58. The van der Waals surface area contributed by atoms with Crippen LogP contribution in [0.25, 0.3) is 11.1 Å². The van der Waals surface area contributed by atoms with E-state index in [2.05, 4.69) is 51.2 Å². The maximum absolute atomic E-state index is 11.7. The molecule has 1 amide bonds. The van der Waals surface area contributed by atoms with Crippen molar-refractivity contribution in [3.8, 4) is 11.1 Å². The van der Waals surface area contributed by atoms with Gasteiger partial charge in [0.1, 0.15) is 0 Å². The molecule has 1 atom stereocenters. The third-order valence-corrected chi connectivity index (χ3v) is 6.95. The SMILES string of the molecule is CCC(=O)Nc1cc(Cl)c(CCN2CCNC(c3nscc3-c3ccccc3)C2)cc1C. The molecule has 0 aliphatic carbocycles. The summed E-state index contributed by atoms with van der Waals surface area (Å²) in [6.07, 6.45) is 1.32. The number of rotatable bonds is 7. The molecule has 2 aromatic carbocycles. The number of halogens is 1. The lowest BCUT2D eigenvalue weighted by molar-refractivity contribution is -0.115.